The summed E-state index contributed by atoms with van der Waals surface area (Å²) in [7, 11) is 0. The van der Waals surface area contributed by atoms with Gasteiger partial charge < -0.3 is 10.1 Å². The molecule has 4 unspecified atom stereocenters. The zero-order valence-corrected chi connectivity index (χ0v) is 13.3. The molecular formula is C13H16BrClN2O2. The minimum Gasteiger partial charge on any atom is -0.374 e. The number of nitrogens with zero attached hydrogens (tertiary/aromatic N) is 1. The van der Waals surface area contributed by atoms with Crippen LogP contribution >= 0.6 is 27.5 Å². The Morgan fingerprint density at radius 2 is 2.11 bits per heavy atom. The van der Waals surface area contributed by atoms with Crippen LogP contribution in [0.4, 0.5) is 5.69 Å². The maximum Gasteiger partial charge on any atom is 0.230 e. The number of hydrogen-bond acceptors (Lipinski definition) is 3. The molecule has 1 aliphatic heterocycles. The van der Waals surface area contributed by atoms with E-state index in [0.717, 1.165) is 4.47 Å². The van der Waals surface area contributed by atoms with E-state index in [1.165, 1.54) is 0 Å². The van der Waals surface area contributed by atoms with Crippen molar-refractivity contribution in [3.63, 3.8) is 0 Å². The number of rotatable bonds is 2. The molecule has 1 saturated heterocycles. The van der Waals surface area contributed by atoms with Crippen LogP contribution < -0.4 is 5.32 Å². The Kier molecular flexibility index (Phi) is 4.48. The number of hydrogen-bond donors (Lipinski definition) is 1. The molecule has 4 atom stereocenters. The quantitative estimate of drug-likeness (QED) is 0.833. The molecule has 0 aromatic carbocycles. The zero-order valence-electron chi connectivity index (χ0n) is 11.0. The molecule has 1 aromatic rings. The average Bonchev–Trinajstić information content (AvgIpc) is 2.58. The van der Waals surface area contributed by atoms with Crippen LogP contribution in [0.5, 0.6) is 0 Å². The second-order valence-electron chi connectivity index (χ2n) is 4.91. The van der Waals surface area contributed by atoms with Crippen molar-refractivity contribution in [1.82, 2.24) is 4.98 Å². The largest absolute Gasteiger partial charge is 0.374 e. The molecule has 2 rings (SSSR count). The van der Waals surface area contributed by atoms with E-state index in [1.807, 2.05) is 20.8 Å². The minimum absolute atomic E-state index is 0.0776. The normalized spacial score (nSPS) is 30.4. The van der Waals surface area contributed by atoms with Crippen molar-refractivity contribution in [2.45, 2.75) is 33.0 Å². The van der Waals surface area contributed by atoms with Gasteiger partial charge in [-0.05, 0) is 41.8 Å². The molecule has 0 spiro atoms. The van der Waals surface area contributed by atoms with E-state index in [9.17, 15) is 4.79 Å². The fraction of sp³-hybridized carbons (Fsp3) is 0.538. The Balaban J connectivity index is 2.15. The number of nitrogens with one attached hydrogen (secondary N) is 1. The molecule has 0 radical (unpaired) electrons. The van der Waals surface area contributed by atoms with Gasteiger partial charge in [-0.1, -0.05) is 18.5 Å². The Hall–Kier alpha value is -0.650. The highest BCUT2D eigenvalue weighted by molar-refractivity contribution is 9.10. The first-order valence-corrected chi connectivity index (χ1v) is 7.34. The number of ether oxygens (including phenoxy) is 1. The van der Waals surface area contributed by atoms with Crippen LogP contribution in [0.1, 0.15) is 20.8 Å². The summed E-state index contributed by atoms with van der Waals surface area (Å²) in [6, 6.07) is 1.74. The van der Waals surface area contributed by atoms with E-state index in [1.54, 1.807) is 12.3 Å². The lowest BCUT2D eigenvalue weighted by atomic mass is 9.89. The van der Waals surface area contributed by atoms with Crippen LogP contribution in [-0.4, -0.2) is 23.1 Å². The summed E-state index contributed by atoms with van der Waals surface area (Å²) in [6.07, 6.45) is 1.58. The van der Waals surface area contributed by atoms with Gasteiger partial charge in [-0.25, -0.2) is 4.98 Å². The topological polar surface area (TPSA) is 51.2 Å². The van der Waals surface area contributed by atoms with Crippen LogP contribution in [0.3, 0.4) is 0 Å². The highest BCUT2D eigenvalue weighted by atomic mass is 79.9. The standard InChI is InChI=1S/C13H16BrClN2O2/c1-6-7(2)19-8(3)11(6)13(18)17-10-4-9(14)5-16-12(10)15/h4-8,11H,1-3H3,(H,17,18). The van der Waals surface area contributed by atoms with Crippen molar-refractivity contribution in [2.75, 3.05) is 5.32 Å². The van der Waals surface area contributed by atoms with Crippen molar-refractivity contribution in [3.8, 4) is 0 Å². The number of carbonyl (C=O) groups excluding carboxylic acids is 1. The van der Waals surface area contributed by atoms with Gasteiger partial charge in [0.25, 0.3) is 0 Å². The lowest BCUT2D eigenvalue weighted by Gasteiger charge is -2.18. The molecule has 104 valence electrons. The highest BCUT2D eigenvalue weighted by Gasteiger charge is 2.41. The number of anilines is 1. The van der Waals surface area contributed by atoms with Crippen LogP contribution in [0, 0.1) is 11.8 Å². The van der Waals surface area contributed by atoms with Gasteiger partial charge in [0, 0.05) is 10.7 Å². The van der Waals surface area contributed by atoms with Crippen molar-refractivity contribution in [3.05, 3.63) is 21.9 Å². The monoisotopic (exact) mass is 346 g/mol. The Labute approximate surface area is 126 Å². The Bertz CT molecular complexity index is 498. The highest BCUT2D eigenvalue weighted by Crippen LogP contribution is 2.33. The number of aromatic nitrogens is 1. The molecule has 6 heteroatoms. The summed E-state index contributed by atoms with van der Waals surface area (Å²) in [4.78, 5) is 16.3. The summed E-state index contributed by atoms with van der Waals surface area (Å²) < 4.78 is 6.45. The molecule has 0 aliphatic carbocycles. The van der Waals surface area contributed by atoms with Gasteiger partial charge in [0.2, 0.25) is 5.91 Å². The van der Waals surface area contributed by atoms with Crippen LogP contribution in [0.25, 0.3) is 0 Å². The molecule has 1 N–H and O–H groups in total. The van der Waals surface area contributed by atoms with Crippen LogP contribution in [-0.2, 0) is 9.53 Å². The fourth-order valence-corrected chi connectivity index (χ4v) is 2.93. The maximum absolute atomic E-state index is 12.4. The van der Waals surface area contributed by atoms with Crippen molar-refractivity contribution >= 4 is 39.1 Å². The van der Waals surface area contributed by atoms with Gasteiger partial charge in [0.15, 0.2) is 5.15 Å². The number of pyridine rings is 1. The smallest absolute Gasteiger partial charge is 0.230 e. The summed E-state index contributed by atoms with van der Waals surface area (Å²) in [5, 5.41) is 3.11. The van der Waals surface area contributed by atoms with E-state index in [0.29, 0.717) is 5.69 Å². The molecule has 2 heterocycles. The lowest BCUT2D eigenvalue weighted by Crippen LogP contribution is -2.32. The summed E-state index contributed by atoms with van der Waals surface area (Å²) in [5.41, 5.74) is 0.514. The lowest BCUT2D eigenvalue weighted by molar-refractivity contribution is -0.121. The predicted molar refractivity (Wildman–Crippen MR) is 78.2 cm³/mol. The molecule has 19 heavy (non-hydrogen) atoms. The first-order valence-electron chi connectivity index (χ1n) is 6.17. The summed E-state index contributed by atoms with van der Waals surface area (Å²) in [6.45, 7) is 5.94. The first kappa shape index (κ1) is 14.8. The van der Waals surface area contributed by atoms with Gasteiger partial charge in [0.1, 0.15) is 0 Å². The molecule has 0 saturated carbocycles. The number of halogens is 2. The second-order valence-corrected chi connectivity index (χ2v) is 6.19. The zero-order chi connectivity index (χ0) is 14.2. The van der Waals surface area contributed by atoms with Crippen LogP contribution in [0.15, 0.2) is 16.7 Å². The molecule has 1 fully saturated rings. The van der Waals surface area contributed by atoms with Gasteiger partial charge in [-0.3, -0.25) is 4.79 Å². The molecule has 1 aliphatic rings. The van der Waals surface area contributed by atoms with Crippen molar-refractivity contribution in [2.24, 2.45) is 11.8 Å². The predicted octanol–water partition coefficient (Wildman–Crippen LogP) is 3.50. The van der Waals surface area contributed by atoms with Gasteiger partial charge in [0.05, 0.1) is 23.8 Å². The molecular weight excluding hydrogens is 332 g/mol. The first-order chi connectivity index (χ1) is 8.90. The Morgan fingerprint density at radius 1 is 1.42 bits per heavy atom. The third-order valence-corrected chi connectivity index (χ3v) is 4.34. The third-order valence-electron chi connectivity index (χ3n) is 3.61. The molecule has 4 nitrogen and oxygen atoms in total. The van der Waals surface area contributed by atoms with Gasteiger partial charge >= 0.3 is 0 Å². The fourth-order valence-electron chi connectivity index (χ4n) is 2.44. The summed E-state index contributed by atoms with van der Waals surface area (Å²) >= 11 is 9.28. The number of amides is 1. The van der Waals surface area contributed by atoms with E-state index < -0.39 is 0 Å². The molecule has 1 aromatic heterocycles. The second kappa shape index (κ2) is 5.77. The van der Waals surface area contributed by atoms with Crippen LogP contribution in [0.2, 0.25) is 5.15 Å². The molecule has 1 amide bonds. The minimum atomic E-state index is -0.176. The van der Waals surface area contributed by atoms with Gasteiger partial charge in [-0.2, -0.15) is 0 Å². The maximum atomic E-state index is 12.4. The number of carbonyl (C=O) groups is 1. The average molecular weight is 348 g/mol. The van der Waals surface area contributed by atoms with Gasteiger partial charge in [-0.15, -0.1) is 0 Å². The molecule has 0 bridgehead atoms. The van der Waals surface area contributed by atoms with E-state index >= 15 is 0 Å². The SMILES string of the molecule is CC1OC(C)C(C(=O)Nc2cc(Br)cnc2Cl)C1C. The van der Waals surface area contributed by atoms with Crippen molar-refractivity contribution in [1.29, 1.82) is 0 Å². The summed E-state index contributed by atoms with van der Waals surface area (Å²) in [5.74, 6) is -0.0786. The van der Waals surface area contributed by atoms with Crippen molar-refractivity contribution < 1.29 is 9.53 Å². The third kappa shape index (κ3) is 3.09. The Morgan fingerprint density at radius 3 is 2.68 bits per heavy atom. The van der Waals surface area contributed by atoms with E-state index in [4.69, 9.17) is 16.3 Å². The van der Waals surface area contributed by atoms with E-state index in [-0.39, 0.29) is 35.1 Å². The van der Waals surface area contributed by atoms with E-state index in [2.05, 4.69) is 26.2 Å².